The van der Waals surface area contributed by atoms with Crippen molar-refractivity contribution in [2.24, 2.45) is 5.73 Å². The number of aromatic nitrogens is 2. The number of sulfonamides is 1. The van der Waals surface area contributed by atoms with Gasteiger partial charge in [-0.15, -0.1) is 10.2 Å². The first-order valence-electron chi connectivity index (χ1n) is 5.70. The van der Waals surface area contributed by atoms with Crippen LogP contribution in [0, 0.1) is 0 Å². The average Bonchev–Trinajstić information content (AvgIpc) is 2.77. The van der Waals surface area contributed by atoms with E-state index in [-0.39, 0.29) is 28.0 Å². The number of methoxy groups -OCH3 is 1. The van der Waals surface area contributed by atoms with Crippen molar-refractivity contribution < 1.29 is 17.9 Å². The highest BCUT2D eigenvalue weighted by molar-refractivity contribution is 7.91. The Labute approximate surface area is 121 Å². The van der Waals surface area contributed by atoms with E-state index in [2.05, 4.69) is 20.2 Å². The van der Waals surface area contributed by atoms with Crippen molar-refractivity contribution in [3.05, 3.63) is 0 Å². The number of anilines is 1. The maximum absolute atomic E-state index is 11.9. The van der Waals surface area contributed by atoms with Crippen molar-refractivity contribution in [3.8, 4) is 0 Å². The minimum Gasteiger partial charge on any atom is -0.383 e. The molecular weight excluding hydrogens is 306 g/mol. The minimum absolute atomic E-state index is 0.133. The molecule has 0 aliphatic rings. The van der Waals surface area contributed by atoms with Crippen LogP contribution in [0.4, 0.5) is 5.13 Å². The summed E-state index contributed by atoms with van der Waals surface area (Å²) in [6, 6.07) is -0.243. The summed E-state index contributed by atoms with van der Waals surface area (Å²) in [7, 11) is -2.22. The SMILES string of the molecule is COCC(N)CCNS(=O)(=O)c1nnc(NC(C)=O)s1. The second-order valence-corrected chi connectivity index (χ2v) is 6.87. The summed E-state index contributed by atoms with van der Waals surface area (Å²) >= 11 is 0.777. The van der Waals surface area contributed by atoms with E-state index in [1.807, 2.05) is 0 Å². The highest BCUT2D eigenvalue weighted by Crippen LogP contribution is 2.19. The third-order valence-electron chi connectivity index (χ3n) is 2.11. The molecule has 4 N–H and O–H groups in total. The standard InChI is InChI=1S/C9H17N5O4S2/c1-6(15)12-8-13-14-9(19-8)20(16,17)11-4-3-7(10)5-18-2/h7,11H,3-5,10H2,1-2H3,(H,12,13,15). The first-order valence-corrected chi connectivity index (χ1v) is 8.00. The lowest BCUT2D eigenvalue weighted by Crippen LogP contribution is -2.32. The van der Waals surface area contributed by atoms with Crippen LogP contribution in [0.3, 0.4) is 0 Å². The van der Waals surface area contributed by atoms with Gasteiger partial charge >= 0.3 is 0 Å². The molecule has 1 aromatic rings. The van der Waals surface area contributed by atoms with Gasteiger partial charge in [0.05, 0.1) is 6.61 Å². The molecule has 1 rings (SSSR count). The van der Waals surface area contributed by atoms with Crippen molar-refractivity contribution in [1.82, 2.24) is 14.9 Å². The molecular formula is C9H17N5O4S2. The zero-order chi connectivity index (χ0) is 15.2. The molecule has 1 amide bonds. The Bertz CT molecular complexity index is 544. The first kappa shape index (κ1) is 16.9. The van der Waals surface area contributed by atoms with Crippen molar-refractivity contribution in [1.29, 1.82) is 0 Å². The van der Waals surface area contributed by atoms with Crippen LogP contribution in [0.1, 0.15) is 13.3 Å². The van der Waals surface area contributed by atoms with Gasteiger partial charge in [0.25, 0.3) is 10.0 Å². The van der Waals surface area contributed by atoms with Gasteiger partial charge in [-0.2, -0.15) is 0 Å². The van der Waals surface area contributed by atoms with E-state index in [1.54, 1.807) is 0 Å². The second kappa shape index (κ2) is 7.59. The zero-order valence-electron chi connectivity index (χ0n) is 11.1. The molecule has 1 aromatic heterocycles. The van der Waals surface area contributed by atoms with Gasteiger partial charge in [0.2, 0.25) is 15.4 Å². The van der Waals surface area contributed by atoms with E-state index < -0.39 is 10.0 Å². The number of carbonyl (C=O) groups is 1. The van der Waals surface area contributed by atoms with Crippen LogP contribution in [0.25, 0.3) is 0 Å². The van der Waals surface area contributed by atoms with Crippen molar-refractivity contribution in [3.63, 3.8) is 0 Å². The molecule has 1 atom stereocenters. The van der Waals surface area contributed by atoms with Gasteiger partial charge < -0.3 is 15.8 Å². The van der Waals surface area contributed by atoms with Gasteiger partial charge in [0.1, 0.15) is 0 Å². The van der Waals surface area contributed by atoms with Crippen LogP contribution in [0.2, 0.25) is 0 Å². The molecule has 0 saturated heterocycles. The lowest BCUT2D eigenvalue weighted by atomic mass is 10.2. The predicted molar refractivity (Wildman–Crippen MR) is 73.9 cm³/mol. The molecule has 0 aromatic carbocycles. The summed E-state index contributed by atoms with van der Waals surface area (Å²) in [6.45, 7) is 1.82. The Hall–Kier alpha value is -1.14. The van der Waals surface area contributed by atoms with Crippen LogP contribution in [0.5, 0.6) is 0 Å². The molecule has 0 aliphatic carbocycles. The Morgan fingerprint density at radius 3 is 2.80 bits per heavy atom. The molecule has 0 radical (unpaired) electrons. The maximum atomic E-state index is 11.9. The summed E-state index contributed by atoms with van der Waals surface area (Å²) in [6.07, 6.45) is 0.435. The smallest absolute Gasteiger partial charge is 0.269 e. The Morgan fingerprint density at radius 1 is 1.50 bits per heavy atom. The summed E-state index contributed by atoms with van der Waals surface area (Å²) < 4.78 is 30.8. The Balaban J connectivity index is 2.56. The van der Waals surface area contributed by atoms with Crippen molar-refractivity contribution >= 4 is 32.4 Å². The third-order valence-corrected chi connectivity index (χ3v) is 4.77. The fourth-order valence-corrected chi connectivity index (χ4v) is 3.29. The summed E-state index contributed by atoms with van der Waals surface area (Å²) in [4.78, 5) is 10.8. The van der Waals surface area contributed by atoms with Crippen LogP contribution in [0.15, 0.2) is 4.34 Å². The highest BCUT2D eigenvalue weighted by atomic mass is 32.2. The van der Waals surface area contributed by atoms with Gasteiger partial charge in [0.15, 0.2) is 0 Å². The average molecular weight is 323 g/mol. The number of ether oxygens (including phenoxy) is 1. The quantitative estimate of drug-likeness (QED) is 0.529. The van der Waals surface area contributed by atoms with Gasteiger partial charge in [-0.05, 0) is 6.42 Å². The first-order chi connectivity index (χ1) is 9.35. The van der Waals surface area contributed by atoms with E-state index in [1.165, 1.54) is 14.0 Å². The zero-order valence-corrected chi connectivity index (χ0v) is 12.8. The molecule has 1 unspecified atom stereocenters. The number of amides is 1. The largest absolute Gasteiger partial charge is 0.383 e. The molecule has 0 spiro atoms. The molecule has 0 fully saturated rings. The maximum Gasteiger partial charge on any atom is 0.269 e. The van der Waals surface area contributed by atoms with Gasteiger partial charge in [-0.25, -0.2) is 13.1 Å². The summed E-state index contributed by atoms with van der Waals surface area (Å²) in [5.41, 5.74) is 5.68. The van der Waals surface area contributed by atoms with Crippen LogP contribution < -0.4 is 15.8 Å². The minimum atomic E-state index is -3.74. The highest BCUT2D eigenvalue weighted by Gasteiger charge is 2.20. The van der Waals surface area contributed by atoms with Gasteiger partial charge in [0, 0.05) is 26.6 Å². The number of rotatable bonds is 8. The number of carbonyl (C=O) groups excluding carboxylic acids is 1. The molecule has 0 saturated carbocycles. The van der Waals surface area contributed by atoms with Crippen molar-refractivity contribution in [2.75, 3.05) is 25.6 Å². The third kappa shape index (κ3) is 5.46. The van der Waals surface area contributed by atoms with E-state index in [9.17, 15) is 13.2 Å². The van der Waals surface area contributed by atoms with Crippen LogP contribution in [-0.4, -0.2) is 50.8 Å². The lowest BCUT2D eigenvalue weighted by Gasteiger charge is -2.10. The predicted octanol–water partition coefficient (Wildman–Crippen LogP) is -0.861. The molecule has 20 heavy (non-hydrogen) atoms. The van der Waals surface area contributed by atoms with E-state index >= 15 is 0 Å². The molecule has 114 valence electrons. The number of hydrogen-bond acceptors (Lipinski definition) is 8. The number of hydrogen-bond donors (Lipinski definition) is 3. The lowest BCUT2D eigenvalue weighted by molar-refractivity contribution is -0.114. The molecule has 11 heteroatoms. The summed E-state index contributed by atoms with van der Waals surface area (Å²) in [5.74, 6) is -0.344. The molecule has 0 aliphatic heterocycles. The number of nitrogens with one attached hydrogen (secondary N) is 2. The topological polar surface area (TPSA) is 136 Å². The van der Waals surface area contributed by atoms with Crippen LogP contribution >= 0.6 is 11.3 Å². The monoisotopic (exact) mass is 323 g/mol. The fraction of sp³-hybridized carbons (Fsp3) is 0.667. The van der Waals surface area contributed by atoms with Gasteiger partial charge in [-0.3, -0.25) is 4.79 Å². The van der Waals surface area contributed by atoms with Crippen molar-refractivity contribution in [2.45, 2.75) is 23.7 Å². The summed E-state index contributed by atoms with van der Waals surface area (Å²) in [5, 5.41) is 9.59. The Kier molecular flexibility index (Phi) is 6.42. The normalized spacial score (nSPS) is 13.2. The fourth-order valence-electron chi connectivity index (χ4n) is 1.26. The number of nitrogens with two attached hydrogens (primary N) is 1. The second-order valence-electron chi connectivity index (χ2n) is 3.96. The molecule has 0 bridgehead atoms. The molecule has 1 heterocycles. The molecule has 9 nitrogen and oxygen atoms in total. The number of nitrogens with zero attached hydrogens (tertiary/aromatic N) is 2. The van der Waals surface area contributed by atoms with E-state index in [0.717, 1.165) is 11.3 Å². The van der Waals surface area contributed by atoms with Gasteiger partial charge in [-0.1, -0.05) is 11.3 Å². The van der Waals surface area contributed by atoms with E-state index in [0.29, 0.717) is 13.0 Å². The van der Waals surface area contributed by atoms with Crippen LogP contribution in [-0.2, 0) is 19.6 Å². The Morgan fingerprint density at radius 2 is 2.20 bits per heavy atom. The van der Waals surface area contributed by atoms with E-state index in [4.69, 9.17) is 10.5 Å².